The van der Waals surface area contributed by atoms with E-state index in [0.717, 1.165) is 0 Å². The molecule has 12 heteroatoms. The quantitative estimate of drug-likeness (QED) is 0.211. The third kappa shape index (κ3) is 10.3. The lowest BCUT2D eigenvalue weighted by Gasteiger charge is -2.21. The van der Waals surface area contributed by atoms with Crippen molar-refractivity contribution in [2.45, 2.75) is 51.2 Å². The van der Waals surface area contributed by atoms with Crippen LogP contribution in [-0.2, 0) is 25.6 Å². The highest BCUT2D eigenvalue weighted by atomic mass is 32.2. The summed E-state index contributed by atoms with van der Waals surface area (Å²) in [6.07, 6.45) is 5.55. The monoisotopic (exact) mass is 456 g/mol. The number of aromatic nitrogens is 2. The Morgan fingerprint density at radius 1 is 1.19 bits per heavy atom. The Kier molecular flexibility index (Phi) is 11.6. The van der Waals surface area contributed by atoms with Crippen LogP contribution < -0.4 is 21.7 Å². The number of H-pyrrole nitrogens is 1. The van der Waals surface area contributed by atoms with Crippen LogP contribution in [0.1, 0.15) is 32.4 Å². The molecular formula is C19H32N6O5S. The van der Waals surface area contributed by atoms with Gasteiger partial charge in [0.25, 0.3) is 0 Å². The maximum absolute atomic E-state index is 12.7. The topological polar surface area (TPSA) is 179 Å². The number of carboxylic acids is 1. The average molecular weight is 457 g/mol. The van der Waals surface area contributed by atoms with E-state index < -0.39 is 41.8 Å². The van der Waals surface area contributed by atoms with E-state index in [9.17, 15) is 24.3 Å². The average Bonchev–Trinajstić information content (AvgIpc) is 3.21. The number of aromatic amines is 1. The zero-order chi connectivity index (χ0) is 23.4. The van der Waals surface area contributed by atoms with Gasteiger partial charge in [-0.2, -0.15) is 11.8 Å². The third-order valence-corrected chi connectivity index (χ3v) is 4.99. The second kappa shape index (κ2) is 13.7. The predicted octanol–water partition coefficient (Wildman–Crippen LogP) is -0.751. The van der Waals surface area contributed by atoms with Gasteiger partial charge in [0, 0.05) is 18.3 Å². The van der Waals surface area contributed by atoms with E-state index in [0.29, 0.717) is 24.3 Å². The molecule has 0 aromatic carbocycles. The summed E-state index contributed by atoms with van der Waals surface area (Å²) in [6.45, 7) is 3.54. The van der Waals surface area contributed by atoms with E-state index in [1.807, 2.05) is 20.1 Å². The number of carboxylic acid groups (broad SMARTS) is 1. The first kappa shape index (κ1) is 26.4. The molecule has 0 aliphatic heterocycles. The first-order chi connectivity index (χ1) is 14.6. The van der Waals surface area contributed by atoms with E-state index in [4.69, 9.17) is 5.73 Å². The summed E-state index contributed by atoms with van der Waals surface area (Å²) < 4.78 is 0. The van der Waals surface area contributed by atoms with Crippen molar-refractivity contribution < 1.29 is 24.3 Å². The molecule has 1 heterocycles. The molecular weight excluding hydrogens is 424 g/mol. The van der Waals surface area contributed by atoms with Gasteiger partial charge < -0.3 is 31.8 Å². The molecule has 0 saturated carbocycles. The molecule has 3 atom stereocenters. The van der Waals surface area contributed by atoms with E-state index in [-0.39, 0.29) is 18.9 Å². The van der Waals surface area contributed by atoms with Crippen molar-refractivity contribution in [3.8, 4) is 0 Å². The summed E-state index contributed by atoms with van der Waals surface area (Å²) in [4.78, 5) is 55.1. The summed E-state index contributed by atoms with van der Waals surface area (Å²) in [5.41, 5.74) is 6.34. The molecule has 0 bridgehead atoms. The predicted molar refractivity (Wildman–Crippen MR) is 117 cm³/mol. The molecule has 0 aliphatic rings. The fraction of sp³-hybridized carbons (Fsp3) is 0.632. The number of aliphatic carboxylic acids is 1. The van der Waals surface area contributed by atoms with Gasteiger partial charge in [0.1, 0.15) is 12.1 Å². The normalized spacial score (nSPS) is 13.8. The molecule has 0 aliphatic carbocycles. The zero-order valence-corrected chi connectivity index (χ0v) is 18.8. The van der Waals surface area contributed by atoms with E-state index in [1.54, 1.807) is 0 Å². The minimum atomic E-state index is -1.20. The summed E-state index contributed by atoms with van der Waals surface area (Å²) in [5, 5.41) is 16.9. The Hall–Kier alpha value is -2.60. The number of carbonyl (C=O) groups excluding carboxylic acids is 3. The fourth-order valence-corrected chi connectivity index (χ4v) is 3.22. The molecule has 3 unspecified atom stereocenters. The van der Waals surface area contributed by atoms with Crippen molar-refractivity contribution in [3.05, 3.63) is 18.2 Å². The van der Waals surface area contributed by atoms with Crippen molar-refractivity contribution in [3.63, 3.8) is 0 Å². The van der Waals surface area contributed by atoms with Gasteiger partial charge >= 0.3 is 5.97 Å². The number of hydrogen-bond donors (Lipinski definition) is 6. The summed E-state index contributed by atoms with van der Waals surface area (Å²) in [7, 11) is 0. The van der Waals surface area contributed by atoms with Gasteiger partial charge in [-0.15, -0.1) is 0 Å². The minimum absolute atomic E-state index is 0.0219. The summed E-state index contributed by atoms with van der Waals surface area (Å²) in [5.74, 6) is -2.02. The smallest absolute Gasteiger partial charge is 0.326 e. The summed E-state index contributed by atoms with van der Waals surface area (Å²) >= 11 is 1.48. The van der Waals surface area contributed by atoms with Gasteiger partial charge in [0.05, 0.1) is 18.9 Å². The Bertz CT molecular complexity index is 727. The minimum Gasteiger partial charge on any atom is -0.480 e. The van der Waals surface area contributed by atoms with Crippen molar-refractivity contribution in [2.24, 2.45) is 11.7 Å². The van der Waals surface area contributed by atoms with E-state index in [2.05, 4.69) is 25.9 Å². The van der Waals surface area contributed by atoms with Crippen LogP contribution in [0.4, 0.5) is 0 Å². The second-order valence-electron chi connectivity index (χ2n) is 7.54. The number of rotatable bonds is 14. The number of imidazole rings is 1. The number of nitrogens with two attached hydrogens (primary N) is 1. The SMILES string of the molecule is CSCCC(NC(=O)CNC(=O)C(N)CC(C)C)C(=O)NC(Cc1cnc[nH]1)C(=O)O. The van der Waals surface area contributed by atoms with E-state index >= 15 is 0 Å². The maximum Gasteiger partial charge on any atom is 0.326 e. The number of carbonyl (C=O) groups is 4. The van der Waals surface area contributed by atoms with Crippen LogP contribution in [0.5, 0.6) is 0 Å². The molecule has 7 N–H and O–H groups in total. The number of nitrogens with one attached hydrogen (secondary N) is 4. The molecule has 0 saturated heterocycles. The summed E-state index contributed by atoms with van der Waals surface area (Å²) in [6, 6.07) is -2.85. The van der Waals surface area contributed by atoms with Crippen LogP contribution in [0.15, 0.2) is 12.5 Å². The lowest BCUT2D eigenvalue weighted by atomic mass is 10.0. The van der Waals surface area contributed by atoms with Crippen LogP contribution in [0.2, 0.25) is 0 Å². The van der Waals surface area contributed by atoms with Gasteiger partial charge in [-0.1, -0.05) is 13.8 Å². The van der Waals surface area contributed by atoms with Crippen molar-refractivity contribution in [2.75, 3.05) is 18.6 Å². The molecule has 0 spiro atoms. The van der Waals surface area contributed by atoms with Crippen molar-refractivity contribution in [1.82, 2.24) is 25.9 Å². The van der Waals surface area contributed by atoms with E-state index in [1.165, 1.54) is 24.3 Å². The number of thioether (sulfide) groups is 1. The van der Waals surface area contributed by atoms with Crippen molar-refractivity contribution >= 4 is 35.5 Å². The standard InChI is InChI=1S/C19H32N6O5S/c1-11(2)6-13(20)17(27)22-9-16(26)24-14(4-5-31-3)18(28)25-15(19(29)30)7-12-8-21-10-23-12/h8,10-11,13-15H,4-7,9,20H2,1-3H3,(H,21,23)(H,22,27)(H,24,26)(H,25,28)(H,29,30). The molecule has 11 nitrogen and oxygen atoms in total. The van der Waals surface area contributed by atoms with Crippen molar-refractivity contribution in [1.29, 1.82) is 0 Å². The molecule has 1 rings (SSSR count). The second-order valence-corrected chi connectivity index (χ2v) is 8.52. The highest BCUT2D eigenvalue weighted by Gasteiger charge is 2.27. The highest BCUT2D eigenvalue weighted by molar-refractivity contribution is 7.98. The maximum atomic E-state index is 12.7. The fourth-order valence-electron chi connectivity index (χ4n) is 2.75. The van der Waals surface area contributed by atoms with Gasteiger partial charge in [-0.3, -0.25) is 14.4 Å². The lowest BCUT2D eigenvalue weighted by Crippen LogP contribution is -2.54. The van der Waals surface area contributed by atoms with Gasteiger partial charge in [-0.25, -0.2) is 9.78 Å². The van der Waals surface area contributed by atoms with Crippen LogP contribution in [0.25, 0.3) is 0 Å². The molecule has 31 heavy (non-hydrogen) atoms. The van der Waals surface area contributed by atoms with Crippen LogP contribution in [-0.4, -0.2) is 75.4 Å². The molecule has 174 valence electrons. The lowest BCUT2D eigenvalue weighted by molar-refractivity contribution is -0.142. The molecule has 0 radical (unpaired) electrons. The first-order valence-corrected chi connectivity index (χ1v) is 11.3. The zero-order valence-electron chi connectivity index (χ0n) is 18.0. The Morgan fingerprint density at radius 3 is 2.45 bits per heavy atom. The molecule has 1 aromatic rings. The number of nitrogens with zero attached hydrogens (tertiary/aromatic N) is 1. The Labute approximate surface area is 185 Å². The van der Waals surface area contributed by atoms with Gasteiger partial charge in [-0.05, 0) is 30.8 Å². The molecule has 1 aromatic heterocycles. The van der Waals surface area contributed by atoms with Gasteiger partial charge in [0.2, 0.25) is 17.7 Å². The van der Waals surface area contributed by atoms with Crippen LogP contribution in [0.3, 0.4) is 0 Å². The Balaban J connectivity index is 2.66. The highest BCUT2D eigenvalue weighted by Crippen LogP contribution is 2.05. The Morgan fingerprint density at radius 2 is 1.90 bits per heavy atom. The van der Waals surface area contributed by atoms with Gasteiger partial charge in [0.15, 0.2) is 0 Å². The third-order valence-electron chi connectivity index (χ3n) is 4.34. The molecule has 3 amide bonds. The molecule has 0 fully saturated rings. The van der Waals surface area contributed by atoms with Crippen LogP contribution >= 0.6 is 11.8 Å². The first-order valence-electron chi connectivity index (χ1n) is 9.96. The number of amides is 3. The largest absolute Gasteiger partial charge is 0.480 e. The number of hydrogen-bond acceptors (Lipinski definition) is 7. The van der Waals surface area contributed by atoms with Crippen LogP contribution in [0, 0.1) is 5.92 Å².